The largest absolute Gasteiger partial charge is 0.351 e. The molecule has 0 spiro atoms. The molecule has 2 amide bonds. The van der Waals surface area contributed by atoms with Crippen LogP contribution >= 0.6 is 11.3 Å². The Hall–Kier alpha value is -2.32. The van der Waals surface area contributed by atoms with Gasteiger partial charge in [-0.2, -0.15) is 0 Å². The highest BCUT2D eigenvalue weighted by atomic mass is 32.1. The van der Waals surface area contributed by atoms with Crippen LogP contribution in [-0.2, 0) is 22.7 Å². The molecule has 1 atom stereocenters. The Kier molecular flexibility index (Phi) is 5.95. The van der Waals surface area contributed by atoms with Gasteiger partial charge in [-0.25, -0.2) is 8.78 Å². The van der Waals surface area contributed by atoms with E-state index in [1.54, 1.807) is 11.3 Å². The molecule has 0 saturated carbocycles. The monoisotopic (exact) mass is 379 g/mol. The summed E-state index contributed by atoms with van der Waals surface area (Å²) in [7, 11) is 0. The lowest BCUT2D eigenvalue weighted by atomic mass is 10.1. The van der Waals surface area contributed by atoms with E-state index >= 15 is 0 Å². The van der Waals surface area contributed by atoms with Crippen molar-refractivity contribution in [2.75, 3.05) is 13.1 Å². The number of halogens is 2. The van der Waals surface area contributed by atoms with Crippen LogP contribution in [0.3, 0.4) is 0 Å². The number of rotatable bonds is 6. The van der Waals surface area contributed by atoms with Gasteiger partial charge in [0.2, 0.25) is 11.8 Å². The Morgan fingerprint density at radius 2 is 2.08 bits per heavy atom. The minimum absolute atomic E-state index is 0.0260. The number of piperazine rings is 1. The first-order valence-electron chi connectivity index (χ1n) is 8.27. The van der Waals surface area contributed by atoms with Gasteiger partial charge in [0.05, 0.1) is 19.0 Å². The molecule has 1 aliphatic rings. The van der Waals surface area contributed by atoms with Crippen LogP contribution in [0.15, 0.2) is 35.7 Å². The Morgan fingerprint density at radius 3 is 2.77 bits per heavy atom. The van der Waals surface area contributed by atoms with Crippen molar-refractivity contribution in [1.29, 1.82) is 0 Å². The predicted molar refractivity (Wildman–Crippen MR) is 94.3 cm³/mol. The minimum Gasteiger partial charge on any atom is -0.351 e. The fourth-order valence-corrected chi connectivity index (χ4v) is 3.53. The Morgan fingerprint density at radius 1 is 1.31 bits per heavy atom. The average Bonchev–Trinajstić information content (AvgIpc) is 3.09. The lowest BCUT2D eigenvalue weighted by Gasteiger charge is -2.33. The highest BCUT2D eigenvalue weighted by Gasteiger charge is 2.30. The molecule has 1 aromatic carbocycles. The Bertz CT molecular complexity index is 762. The van der Waals surface area contributed by atoms with E-state index in [1.807, 2.05) is 17.5 Å². The third-order valence-electron chi connectivity index (χ3n) is 4.11. The molecule has 1 aliphatic heterocycles. The molecular formula is C18H19F2N3O2S. The highest BCUT2D eigenvalue weighted by Crippen LogP contribution is 2.14. The van der Waals surface area contributed by atoms with Crippen LogP contribution < -0.4 is 10.6 Å². The SMILES string of the molecule is O=C(CC1NCCN(Cc2cc(F)cc(F)c2)C1=O)NCc1cccs1. The maximum absolute atomic E-state index is 13.3. The number of hydrogen-bond donors (Lipinski definition) is 2. The van der Waals surface area contributed by atoms with Gasteiger partial charge in [-0.15, -0.1) is 11.3 Å². The predicted octanol–water partition coefficient (Wildman–Crippen LogP) is 2.03. The summed E-state index contributed by atoms with van der Waals surface area (Å²) < 4.78 is 26.6. The van der Waals surface area contributed by atoms with Crippen molar-refractivity contribution >= 4 is 23.2 Å². The maximum atomic E-state index is 13.3. The van der Waals surface area contributed by atoms with Crippen molar-refractivity contribution in [1.82, 2.24) is 15.5 Å². The number of benzene rings is 1. The second-order valence-electron chi connectivity index (χ2n) is 6.10. The first kappa shape index (κ1) is 18.5. The molecule has 2 heterocycles. The number of amides is 2. The zero-order valence-corrected chi connectivity index (χ0v) is 14.8. The van der Waals surface area contributed by atoms with Crippen LogP contribution in [0.2, 0.25) is 0 Å². The van der Waals surface area contributed by atoms with Gasteiger partial charge in [0.25, 0.3) is 0 Å². The number of nitrogens with one attached hydrogen (secondary N) is 2. The first-order valence-corrected chi connectivity index (χ1v) is 9.15. The molecular weight excluding hydrogens is 360 g/mol. The number of hydrogen-bond acceptors (Lipinski definition) is 4. The van der Waals surface area contributed by atoms with Crippen molar-refractivity contribution < 1.29 is 18.4 Å². The molecule has 0 bridgehead atoms. The fourth-order valence-electron chi connectivity index (χ4n) is 2.89. The Labute approximate surface area is 154 Å². The third kappa shape index (κ3) is 4.86. The van der Waals surface area contributed by atoms with E-state index < -0.39 is 17.7 Å². The molecule has 138 valence electrons. The van der Waals surface area contributed by atoms with Gasteiger partial charge in [0, 0.05) is 30.6 Å². The molecule has 26 heavy (non-hydrogen) atoms. The molecule has 8 heteroatoms. The standard InChI is InChI=1S/C18H19F2N3O2S/c19-13-6-12(7-14(20)8-13)11-23-4-3-21-16(18(23)25)9-17(24)22-10-15-2-1-5-26-15/h1-2,5-8,16,21H,3-4,9-11H2,(H,22,24). The molecule has 0 radical (unpaired) electrons. The summed E-state index contributed by atoms with van der Waals surface area (Å²) in [5.74, 6) is -1.81. The second kappa shape index (κ2) is 8.37. The van der Waals surface area contributed by atoms with Crippen LogP contribution in [0.5, 0.6) is 0 Å². The van der Waals surface area contributed by atoms with Crippen molar-refractivity contribution in [3.05, 3.63) is 57.8 Å². The van der Waals surface area contributed by atoms with E-state index in [4.69, 9.17) is 0 Å². The minimum atomic E-state index is -0.674. The van der Waals surface area contributed by atoms with Crippen molar-refractivity contribution in [3.8, 4) is 0 Å². The molecule has 3 rings (SSSR count). The number of thiophene rings is 1. The molecule has 5 nitrogen and oxygen atoms in total. The fraction of sp³-hybridized carbons (Fsp3) is 0.333. The van der Waals surface area contributed by atoms with Crippen LogP contribution in [0.1, 0.15) is 16.9 Å². The van der Waals surface area contributed by atoms with Gasteiger partial charge in [-0.1, -0.05) is 6.07 Å². The summed E-state index contributed by atoms with van der Waals surface area (Å²) in [6, 6.07) is 6.41. The second-order valence-corrected chi connectivity index (χ2v) is 7.14. The van der Waals surface area contributed by atoms with Gasteiger partial charge in [-0.05, 0) is 29.1 Å². The van der Waals surface area contributed by atoms with E-state index in [2.05, 4.69) is 10.6 Å². The van der Waals surface area contributed by atoms with E-state index in [9.17, 15) is 18.4 Å². The van der Waals surface area contributed by atoms with E-state index in [1.165, 1.54) is 17.0 Å². The van der Waals surface area contributed by atoms with E-state index in [0.29, 0.717) is 25.2 Å². The van der Waals surface area contributed by atoms with Crippen LogP contribution in [0.4, 0.5) is 8.78 Å². The van der Waals surface area contributed by atoms with Gasteiger partial charge >= 0.3 is 0 Å². The van der Waals surface area contributed by atoms with Gasteiger partial charge < -0.3 is 15.5 Å². The molecule has 2 N–H and O–H groups in total. The number of nitrogens with zero attached hydrogens (tertiary/aromatic N) is 1. The van der Waals surface area contributed by atoms with E-state index in [-0.39, 0.29) is 24.8 Å². The van der Waals surface area contributed by atoms with Crippen molar-refractivity contribution in [2.45, 2.75) is 25.6 Å². The van der Waals surface area contributed by atoms with E-state index in [0.717, 1.165) is 10.9 Å². The molecule has 2 aromatic rings. The summed E-state index contributed by atoms with van der Waals surface area (Å²) in [5, 5.41) is 7.76. The average molecular weight is 379 g/mol. The summed E-state index contributed by atoms with van der Waals surface area (Å²) in [6.45, 7) is 1.49. The molecule has 1 saturated heterocycles. The smallest absolute Gasteiger partial charge is 0.240 e. The maximum Gasteiger partial charge on any atom is 0.240 e. The third-order valence-corrected chi connectivity index (χ3v) is 4.98. The normalized spacial score (nSPS) is 17.4. The highest BCUT2D eigenvalue weighted by molar-refractivity contribution is 7.09. The van der Waals surface area contributed by atoms with Crippen molar-refractivity contribution in [2.24, 2.45) is 0 Å². The molecule has 1 fully saturated rings. The van der Waals surface area contributed by atoms with Crippen LogP contribution in [0, 0.1) is 11.6 Å². The quantitative estimate of drug-likeness (QED) is 0.808. The first-order chi connectivity index (χ1) is 12.5. The lowest BCUT2D eigenvalue weighted by molar-refractivity contribution is -0.138. The summed E-state index contributed by atoms with van der Waals surface area (Å²) in [4.78, 5) is 27.2. The Balaban J connectivity index is 1.55. The lowest BCUT2D eigenvalue weighted by Crippen LogP contribution is -2.55. The van der Waals surface area contributed by atoms with Gasteiger partial charge in [0.15, 0.2) is 0 Å². The number of carbonyl (C=O) groups excluding carboxylic acids is 2. The summed E-state index contributed by atoms with van der Waals surface area (Å²) in [5.41, 5.74) is 0.388. The topological polar surface area (TPSA) is 61.4 Å². The zero-order chi connectivity index (χ0) is 18.5. The summed E-state index contributed by atoms with van der Waals surface area (Å²) >= 11 is 1.55. The number of carbonyl (C=O) groups is 2. The van der Waals surface area contributed by atoms with Gasteiger partial charge in [0.1, 0.15) is 11.6 Å². The summed E-state index contributed by atoms with van der Waals surface area (Å²) in [6.07, 6.45) is 0.0260. The van der Waals surface area contributed by atoms with Crippen molar-refractivity contribution in [3.63, 3.8) is 0 Å². The van der Waals surface area contributed by atoms with Crippen LogP contribution in [-0.4, -0.2) is 35.8 Å². The molecule has 1 aromatic heterocycles. The van der Waals surface area contributed by atoms with Crippen LogP contribution in [0.25, 0.3) is 0 Å². The molecule has 1 unspecified atom stereocenters. The zero-order valence-electron chi connectivity index (χ0n) is 14.0. The van der Waals surface area contributed by atoms with Gasteiger partial charge in [-0.3, -0.25) is 9.59 Å². The molecule has 0 aliphatic carbocycles.